The number of rotatable bonds is 6. The van der Waals surface area contributed by atoms with Gasteiger partial charge in [0.05, 0.1) is 14.2 Å². The molecule has 2 aliphatic rings. The Morgan fingerprint density at radius 2 is 1.79 bits per heavy atom. The van der Waals surface area contributed by atoms with Gasteiger partial charge in [0.2, 0.25) is 11.8 Å². The first-order chi connectivity index (χ1) is 11.6. The SMILES string of the molecule is COc1ccc(CNC(=O)C2(C(=O)N3CCCC3)CC2)cc1OC. The van der Waals surface area contributed by atoms with Gasteiger partial charge in [0.1, 0.15) is 5.41 Å². The lowest BCUT2D eigenvalue weighted by Gasteiger charge is -2.22. The van der Waals surface area contributed by atoms with Crippen molar-refractivity contribution >= 4 is 11.8 Å². The molecule has 0 aromatic heterocycles. The number of carbonyl (C=O) groups excluding carboxylic acids is 2. The van der Waals surface area contributed by atoms with Crippen LogP contribution in [0.4, 0.5) is 0 Å². The van der Waals surface area contributed by atoms with Crippen LogP contribution in [0.5, 0.6) is 11.5 Å². The molecular formula is C18H24N2O4. The second kappa shape index (κ2) is 6.71. The van der Waals surface area contributed by atoms with E-state index in [1.165, 1.54) is 0 Å². The van der Waals surface area contributed by atoms with Crippen molar-refractivity contribution in [3.8, 4) is 11.5 Å². The Labute approximate surface area is 142 Å². The predicted molar refractivity (Wildman–Crippen MR) is 88.9 cm³/mol. The van der Waals surface area contributed by atoms with Crippen molar-refractivity contribution < 1.29 is 19.1 Å². The molecule has 1 aromatic carbocycles. The summed E-state index contributed by atoms with van der Waals surface area (Å²) in [6, 6.07) is 5.52. The highest BCUT2D eigenvalue weighted by Crippen LogP contribution is 2.48. The molecule has 0 unspecified atom stereocenters. The first kappa shape index (κ1) is 16.6. The second-order valence-corrected chi connectivity index (χ2v) is 6.45. The van der Waals surface area contributed by atoms with Crippen LogP contribution in [0.3, 0.4) is 0 Å². The summed E-state index contributed by atoms with van der Waals surface area (Å²) in [4.78, 5) is 27.0. The number of methoxy groups -OCH3 is 2. The maximum Gasteiger partial charge on any atom is 0.238 e. The first-order valence-corrected chi connectivity index (χ1v) is 8.39. The maximum absolute atomic E-state index is 12.6. The van der Waals surface area contributed by atoms with Gasteiger partial charge in [0, 0.05) is 19.6 Å². The number of nitrogens with one attached hydrogen (secondary N) is 1. The van der Waals surface area contributed by atoms with Gasteiger partial charge < -0.3 is 19.7 Å². The van der Waals surface area contributed by atoms with E-state index in [1.54, 1.807) is 14.2 Å². The summed E-state index contributed by atoms with van der Waals surface area (Å²) in [5.41, 5.74) is 0.0892. The van der Waals surface area contributed by atoms with Crippen molar-refractivity contribution in [1.29, 1.82) is 0 Å². The highest BCUT2D eigenvalue weighted by Gasteiger charge is 2.58. The molecule has 2 fully saturated rings. The molecule has 130 valence electrons. The van der Waals surface area contributed by atoms with Gasteiger partial charge in [-0.2, -0.15) is 0 Å². The van der Waals surface area contributed by atoms with Crippen molar-refractivity contribution in [2.45, 2.75) is 32.2 Å². The highest BCUT2D eigenvalue weighted by atomic mass is 16.5. The van der Waals surface area contributed by atoms with Crippen molar-refractivity contribution in [1.82, 2.24) is 10.2 Å². The van der Waals surface area contributed by atoms with Crippen LogP contribution in [-0.4, -0.2) is 44.0 Å². The van der Waals surface area contributed by atoms with Gasteiger partial charge in [0.15, 0.2) is 11.5 Å². The zero-order valence-corrected chi connectivity index (χ0v) is 14.3. The molecule has 0 radical (unpaired) electrons. The number of benzene rings is 1. The van der Waals surface area contributed by atoms with Crippen LogP contribution in [0.15, 0.2) is 18.2 Å². The molecular weight excluding hydrogens is 308 g/mol. The average Bonchev–Trinajstić information content (AvgIpc) is 3.25. The van der Waals surface area contributed by atoms with Gasteiger partial charge in [-0.15, -0.1) is 0 Å². The molecule has 6 heteroatoms. The summed E-state index contributed by atoms with van der Waals surface area (Å²) in [7, 11) is 3.16. The Morgan fingerprint density at radius 3 is 2.38 bits per heavy atom. The summed E-state index contributed by atoms with van der Waals surface area (Å²) >= 11 is 0. The Balaban J connectivity index is 1.62. The standard InChI is InChI=1S/C18H24N2O4/c1-23-14-6-5-13(11-15(14)24-2)12-19-16(21)18(7-8-18)17(22)20-9-3-4-10-20/h5-6,11H,3-4,7-10,12H2,1-2H3,(H,19,21). The van der Waals surface area contributed by atoms with Crippen LogP contribution in [0.1, 0.15) is 31.2 Å². The predicted octanol–water partition coefficient (Wildman–Crippen LogP) is 1.72. The third-order valence-corrected chi connectivity index (χ3v) is 4.89. The smallest absolute Gasteiger partial charge is 0.238 e. The van der Waals surface area contributed by atoms with E-state index in [-0.39, 0.29) is 11.8 Å². The molecule has 0 spiro atoms. The monoisotopic (exact) mass is 332 g/mol. The van der Waals surface area contributed by atoms with E-state index in [1.807, 2.05) is 23.1 Å². The van der Waals surface area contributed by atoms with Gasteiger partial charge in [-0.1, -0.05) is 6.07 Å². The van der Waals surface area contributed by atoms with Gasteiger partial charge >= 0.3 is 0 Å². The highest BCUT2D eigenvalue weighted by molar-refractivity contribution is 6.07. The van der Waals surface area contributed by atoms with Gasteiger partial charge in [-0.3, -0.25) is 9.59 Å². The zero-order chi connectivity index (χ0) is 17.2. The van der Waals surface area contributed by atoms with Gasteiger partial charge in [-0.25, -0.2) is 0 Å². The van der Waals surface area contributed by atoms with Crippen LogP contribution >= 0.6 is 0 Å². The zero-order valence-electron chi connectivity index (χ0n) is 14.3. The van der Waals surface area contributed by atoms with E-state index >= 15 is 0 Å². The number of hydrogen-bond acceptors (Lipinski definition) is 4. The number of likely N-dealkylation sites (tertiary alicyclic amines) is 1. The molecule has 1 saturated carbocycles. The maximum atomic E-state index is 12.6. The van der Waals surface area contributed by atoms with Crippen LogP contribution < -0.4 is 14.8 Å². The Bertz CT molecular complexity index is 634. The minimum absolute atomic E-state index is 0.00446. The molecule has 1 N–H and O–H groups in total. The number of hydrogen-bond donors (Lipinski definition) is 1. The van der Waals surface area contributed by atoms with E-state index in [9.17, 15) is 9.59 Å². The van der Waals surface area contributed by atoms with Crippen LogP contribution in [0.25, 0.3) is 0 Å². The lowest BCUT2D eigenvalue weighted by Crippen LogP contribution is -2.44. The van der Waals surface area contributed by atoms with Crippen LogP contribution in [0, 0.1) is 5.41 Å². The Kier molecular flexibility index (Phi) is 4.64. The fourth-order valence-corrected chi connectivity index (χ4v) is 3.23. The van der Waals surface area contributed by atoms with E-state index < -0.39 is 5.41 Å². The molecule has 1 aromatic rings. The van der Waals surface area contributed by atoms with Crippen LogP contribution in [0.2, 0.25) is 0 Å². The number of carbonyl (C=O) groups is 2. The van der Waals surface area contributed by atoms with E-state index in [2.05, 4.69) is 5.32 Å². The molecule has 24 heavy (non-hydrogen) atoms. The number of nitrogens with zero attached hydrogens (tertiary/aromatic N) is 1. The summed E-state index contributed by atoms with van der Waals surface area (Å²) in [5, 5.41) is 2.91. The number of amides is 2. The average molecular weight is 332 g/mol. The third kappa shape index (κ3) is 3.05. The Morgan fingerprint density at radius 1 is 1.12 bits per heavy atom. The minimum atomic E-state index is -0.819. The summed E-state index contributed by atoms with van der Waals surface area (Å²) < 4.78 is 10.5. The largest absolute Gasteiger partial charge is 0.493 e. The lowest BCUT2D eigenvalue weighted by atomic mass is 10.0. The molecule has 2 amide bonds. The van der Waals surface area contributed by atoms with Crippen LogP contribution in [-0.2, 0) is 16.1 Å². The van der Waals surface area contributed by atoms with E-state index in [4.69, 9.17) is 9.47 Å². The molecule has 1 aliphatic carbocycles. The first-order valence-electron chi connectivity index (χ1n) is 8.39. The normalized spacial score (nSPS) is 18.2. The van der Waals surface area contributed by atoms with Crippen molar-refractivity contribution in [3.05, 3.63) is 23.8 Å². The molecule has 1 saturated heterocycles. The molecule has 3 rings (SSSR count). The molecule has 1 heterocycles. The van der Waals surface area contributed by atoms with Crippen molar-refractivity contribution in [3.63, 3.8) is 0 Å². The third-order valence-electron chi connectivity index (χ3n) is 4.89. The Hall–Kier alpha value is -2.24. The summed E-state index contributed by atoms with van der Waals surface area (Å²) in [6.45, 7) is 1.93. The number of ether oxygens (including phenoxy) is 2. The summed E-state index contributed by atoms with van der Waals surface area (Å²) in [5.74, 6) is 1.12. The quantitative estimate of drug-likeness (QED) is 0.806. The van der Waals surface area contributed by atoms with E-state index in [0.717, 1.165) is 31.5 Å². The van der Waals surface area contributed by atoms with Gasteiger partial charge in [-0.05, 0) is 43.4 Å². The van der Waals surface area contributed by atoms with Crippen molar-refractivity contribution in [2.75, 3.05) is 27.3 Å². The molecule has 0 atom stereocenters. The fraction of sp³-hybridized carbons (Fsp3) is 0.556. The van der Waals surface area contributed by atoms with Gasteiger partial charge in [0.25, 0.3) is 0 Å². The second-order valence-electron chi connectivity index (χ2n) is 6.45. The topological polar surface area (TPSA) is 67.9 Å². The fourth-order valence-electron chi connectivity index (χ4n) is 3.23. The van der Waals surface area contributed by atoms with E-state index in [0.29, 0.717) is 30.9 Å². The minimum Gasteiger partial charge on any atom is -0.493 e. The molecule has 1 aliphatic heterocycles. The lowest BCUT2D eigenvalue weighted by molar-refractivity contribution is -0.143. The summed E-state index contributed by atoms with van der Waals surface area (Å²) in [6.07, 6.45) is 3.38. The molecule has 6 nitrogen and oxygen atoms in total. The van der Waals surface area contributed by atoms with Crippen molar-refractivity contribution in [2.24, 2.45) is 5.41 Å². The molecule has 0 bridgehead atoms.